The number of aromatic nitrogens is 1. The molecule has 0 aliphatic rings. The van der Waals surface area contributed by atoms with Crippen LogP contribution < -0.4 is 5.32 Å². The van der Waals surface area contributed by atoms with Crippen LogP contribution in [0.3, 0.4) is 0 Å². The molecular formula is C15H14N2O4. The van der Waals surface area contributed by atoms with Crippen LogP contribution in [0.5, 0.6) is 0 Å². The van der Waals surface area contributed by atoms with Gasteiger partial charge in [-0.2, -0.15) is 0 Å². The Hall–Kier alpha value is -2.89. The molecular weight excluding hydrogens is 272 g/mol. The zero-order chi connectivity index (χ0) is 15.4. The lowest BCUT2D eigenvalue weighted by Gasteiger charge is -2.03. The van der Waals surface area contributed by atoms with E-state index in [1.165, 1.54) is 6.08 Å². The number of carbonyl (C=O) groups is 2. The van der Waals surface area contributed by atoms with E-state index in [9.17, 15) is 9.59 Å². The molecule has 0 saturated heterocycles. The molecule has 21 heavy (non-hydrogen) atoms. The molecule has 2 N–H and O–H groups in total. The maximum atomic E-state index is 12.0. The van der Waals surface area contributed by atoms with Crippen molar-refractivity contribution in [3.8, 4) is 0 Å². The average molecular weight is 286 g/mol. The van der Waals surface area contributed by atoms with E-state index in [1.54, 1.807) is 38.1 Å². The van der Waals surface area contributed by atoms with Crippen molar-refractivity contribution in [2.75, 3.05) is 5.32 Å². The highest BCUT2D eigenvalue weighted by Crippen LogP contribution is 2.18. The van der Waals surface area contributed by atoms with Gasteiger partial charge < -0.3 is 9.63 Å². The molecule has 0 unspecified atom stereocenters. The van der Waals surface area contributed by atoms with Crippen molar-refractivity contribution < 1.29 is 19.2 Å². The summed E-state index contributed by atoms with van der Waals surface area (Å²) in [5.74, 6) is -1.01. The molecule has 0 bridgehead atoms. The van der Waals surface area contributed by atoms with Crippen LogP contribution >= 0.6 is 0 Å². The third-order valence-electron chi connectivity index (χ3n) is 2.98. The van der Waals surface area contributed by atoms with E-state index < -0.39 is 5.97 Å². The van der Waals surface area contributed by atoms with Crippen LogP contribution in [0.2, 0.25) is 0 Å². The fraction of sp³-hybridized carbons (Fsp3) is 0.133. The van der Waals surface area contributed by atoms with Crippen molar-refractivity contribution in [2.24, 2.45) is 0 Å². The summed E-state index contributed by atoms with van der Waals surface area (Å²) in [4.78, 5) is 22.5. The standard InChI is InChI=1S/C15H14N2O4/c1-9-10(2)17-21-15(9)16-14(20)12-6-3-11(4-7-12)5-8-13(18)19/h3-8H,1-2H3,(H,16,20)(H,18,19). The maximum absolute atomic E-state index is 12.0. The van der Waals surface area contributed by atoms with E-state index in [-0.39, 0.29) is 5.91 Å². The molecule has 6 nitrogen and oxygen atoms in total. The van der Waals surface area contributed by atoms with Crippen LogP contribution in [0.15, 0.2) is 34.9 Å². The normalized spacial score (nSPS) is 10.8. The van der Waals surface area contributed by atoms with Gasteiger partial charge in [0.05, 0.1) is 5.69 Å². The monoisotopic (exact) mass is 286 g/mol. The highest BCUT2D eigenvalue weighted by molar-refractivity contribution is 6.04. The number of aryl methyl sites for hydroxylation is 1. The molecule has 6 heteroatoms. The van der Waals surface area contributed by atoms with Crippen molar-refractivity contribution in [1.29, 1.82) is 0 Å². The molecule has 1 aromatic carbocycles. The molecule has 0 atom stereocenters. The number of carboxylic acid groups (broad SMARTS) is 1. The van der Waals surface area contributed by atoms with Gasteiger partial charge in [0.25, 0.3) is 5.91 Å². The molecule has 2 rings (SSSR count). The van der Waals surface area contributed by atoms with E-state index in [1.807, 2.05) is 0 Å². The molecule has 2 aromatic rings. The summed E-state index contributed by atoms with van der Waals surface area (Å²) in [6.07, 6.45) is 2.49. The number of nitrogens with one attached hydrogen (secondary N) is 1. The minimum absolute atomic E-state index is 0.317. The Labute approximate surface area is 121 Å². The van der Waals surface area contributed by atoms with Crippen LogP contribution in [0.25, 0.3) is 6.08 Å². The van der Waals surface area contributed by atoms with Gasteiger partial charge in [-0.3, -0.25) is 10.1 Å². The minimum Gasteiger partial charge on any atom is -0.478 e. The SMILES string of the molecule is Cc1noc(NC(=O)c2ccc(C=CC(=O)O)cc2)c1C. The van der Waals surface area contributed by atoms with Crippen LogP contribution in [0.4, 0.5) is 5.88 Å². The first-order valence-electron chi connectivity index (χ1n) is 6.22. The highest BCUT2D eigenvalue weighted by atomic mass is 16.5. The topological polar surface area (TPSA) is 92.4 Å². The molecule has 108 valence electrons. The molecule has 1 heterocycles. The number of carbonyl (C=O) groups excluding carboxylic acids is 1. The lowest BCUT2D eigenvalue weighted by atomic mass is 10.1. The quantitative estimate of drug-likeness (QED) is 0.843. The zero-order valence-corrected chi connectivity index (χ0v) is 11.6. The first kappa shape index (κ1) is 14.5. The number of nitrogens with zero attached hydrogens (tertiary/aromatic N) is 1. The van der Waals surface area contributed by atoms with Crippen LogP contribution in [0, 0.1) is 13.8 Å². The average Bonchev–Trinajstić information content (AvgIpc) is 2.77. The van der Waals surface area contributed by atoms with Gasteiger partial charge in [-0.05, 0) is 37.6 Å². The molecule has 0 aliphatic carbocycles. The molecule has 0 spiro atoms. The Morgan fingerprint density at radius 2 is 1.90 bits per heavy atom. The Morgan fingerprint density at radius 3 is 2.43 bits per heavy atom. The van der Waals surface area contributed by atoms with Crippen molar-refractivity contribution in [3.63, 3.8) is 0 Å². The predicted molar refractivity (Wildman–Crippen MR) is 77.0 cm³/mol. The summed E-state index contributed by atoms with van der Waals surface area (Å²) in [5.41, 5.74) is 2.64. The van der Waals surface area contributed by atoms with Crippen LogP contribution in [-0.2, 0) is 4.79 Å². The van der Waals surface area contributed by atoms with Crippen molar-refractivity contribution in [2.45, 2.75) is 13.8 Å². The zero-order valence-electron chi connectivity index (χ0n) is 11.6. The Bertz CT molecular complexity index is 699. The summed E-state index contributed by atoms with van der Waals surface area (Å²) in [6, 6.07) is 6.53. The predicted octanol–water partition coefficient (Wildman–Crippen LogP) is 2.64. The largest absolute Gasteiger partial charge is 0.478 e. The van der Waals surface area contributed by atoms with Gasteiger partial charge >= 0.3 is 5.97 Å². The van der Waals surface area contributed by atoms with E-state index in [0.29, 0.717) is 17.0 Å². The second-order valence-corrected chi connectivity index (χ2v) is 4.47. The lowest BCUT2D eigenvalue weighted by molar-refractivity contribution is -0.131. The van der Waals surface area contributed by atoms with E-state index in [2.05, 4.69) is 10.5 Å². The molecule has 1 aromatic heterocycles. The second-order valence-electron chi connectivity index (χ2n) is 4.47. The number of hydrogen-bond acceptors (Lipinski definition) is 4. The number of aliphatic carboxylic acids is 1. The Kier molecular flexibility index (Phi) is 4.18. The fourth-order valence-electron chi connectivity index (χ4n) is 1.62. The smallest absolute Gasteiger partial charge is 0.328 e. The van der Waals surface area contributed by atoms with Gasteiger partial charge in [-0.1, -0.05) is 17.3 Å². The van der Waals surface area contributed by atoms with Gasteiger partial charge in [-0.25, -0.2) is 4.79 Å². The minimum atomic E-state index is -1.02. The Morgan fingerprint density at radius 1 is 1.24 bits per heavy atom. The summed E-state index contributed by atoms with van der Waals surface area (Å²) in [7, 11) is 0. The Balaban J connectivity index is 2.10. The van der Waals surface area contributed by atoms with Gasteiger partial charge in [0, 0.05) is 17.2 Å². The summed E-state index contributed by atoms with van der Waals surface area (Å²) in [6.45, 7) is 3.60. The summed E-state index contributed by atoms with van der Waals surface area (Å²) < 4.78 is 5.02. The molecule has 0 saturated carbocycles. The first-order chi connectivity index (χ1) is 9.97. The summed E-state index contributed by atoms with van der Waals surface area (Å²) >= 11 is 0. The third-order valence-corrected chi connectivity index (χ3v) is 2.98. The number of benzene rings is 1. The van der Waals surface area contributed by atoms with Crippen molar-refractivity contribution in [1.82, 2.24) is 5.16 Å². The number of hydrogen-bond donors (Lipinski definition) is 2. The van der Waals surface area contributed by atoms with E-state index >= 15 is 0 Å². The van der Waals surface area contributed by atoms with E-state index in [4.69, 9.17) is 9.63 Å². The molecule has 1 amide bonds. The third kappa shape index (κ3) is 3.56. The van der Waals surface area contributed by atoms with Gasteiger partial charge in [0.15, 0.2) is 0 Å². The molecule has 0 radical (unpaired) electrons. The van der Waals surface area contributed by atoms with Crippen molar-refractivity contribution >= 4 is 23.8 Å². The van der Waals surface area contributed by atoms with E-state index in [0.717, 1.165) is 17.3 Å². The van der Waals surface area contributed by atoms with Gasteiger partial charge in [0.2, 0.25) is 5.88 Å². The molecule has 0 fully saturated rings. The number of amides is 1. The molecule has 0 aliphatic heterocycles. The second kappa shape index (κ2) is 6.04. The number of carboxylic acids is 1. The lowest BCUT2D eigenvalue weighted by Crippen LogP contribution is -2.11. The van der Waals surface area contributed by atoms with Crippen LogP contribution in [-0.4, -0.2) is 22.1 Å². The summed E-state index contributed by atoms with van der Waals surface area (Å²) in [5, 5.41) is 14.9. The first-order valence-corrected chi connectivity index (χ1v) is 6.22. The maximum Gasteiger partial charge on any atom is 0.328 e. The van der Waals surface area contributed by atoms with Crippen molar-refractivity contribution in [3.05, 3.63) is 52.7 Å². The number of anilines is 1. The van der Waals surface area contributed by atoms with Crippen LogP contribution in [0.1, 0.15) is 27.2 Å². The fourth-order valence-corrected chi connectivity index (χ4v) is 1.62. The highest BCUT2D eigenvalue weighted by Gasteiger charge is 2.12. The number of rotatable bonds is 4. The van der Waals surface area contributed by atoms with Gasteiger partial charge in [-0.15, -0.1) is 0 Å². The van der Waals surface area contributed by atoms with Gasteiger partial charge in [0.1, 0.15) is 0 Å².